The summed E-state index contributed by atoms with van der Waals surface area (Å²) < 4.78 is 0. The number of guanidine groups is 1. The van der Waals surface area contributed by atoms with Crippen molar-refractivity contribution < 1.29 is 0 Å². The van der Waals surface area contributed by atoms with Crippen LogP contribution in [0.3, 0.4) is 0 Å². The van der Waals surface area contributed by atoms with Gasteiger partial charge in [-0.15, -0.1) is 35.3 Å². The second kappa shape index (κ2) is 10.7. The average Bonchev–Trinajstić information content (AvgIpc) is 2.99. The van der Waals surface area contributed by atoms with Gasteiger partial charge in [-0.2, -0.15) is 0 Å². The summed E-state index contributed by atoms with van der Waals surface area (Å²) in [5.41, 5.74) is 2.63. The number of benzene rings is 1. The van der Waals surface area contributed by atoms with Gasteiger partial charge in [-0.05, 0) is 31.4 Å². The Bertz CT molecular complexity index is 637. The molecule has 1 heterocycles. The van der Waals surface area contributed by atoms with E-state index in [2.05, 4.69) is 65.6 Å². The lowest BCUT2D eigenvalue weighted by atomic mass is 10.1. The van der Waals surface area contributed by atoms with Crippen LogP contribution in [0.1, 0.15) is 40.9 Å². The van der Waals surface area contributed by atoms with Crippen molar-refractivity contribution >= 4 is 41.3 Å². The minimum absolute atomic E-state index is 0. The zero-order valence-electron chi connectivity index (χ0n) is 14.8. The van der Waals surface area contributed by atoms with Gasteiger partial charge < -0.3 is 10.6 Å². The highest BCUT2D eigenvalue weighted by Gasteiger charge is 2.08. The molecule has 0 bridgehead atoms. The number of aryl methyl sites for hydroxylation is 2. The predicted molar refractivity (Wildman–Crippen MR) is 115 cm³/mol. The third kappa shape index (κ3) is 6.39. The summed E-state index contributed by atoms with van der Waals surface area (Å²) >= 11 is 1.75. The maximum Gasteiger partial charge on any atom is 0.191 e. The van der Waals surface area contributed by atoms with Gasteiger partial charge in [0.05, 0.1) is 11.0 Å². The zero-order valence-corrected chi connectivity index (χ0v) is 17.9. The number of aromatic nitrogens is 1. The molecule has 6 heteroatoms. The number of nitrogens with zero attached hydrogens (tertiary/aromatic N) is 2. The van der Waals surface area contributed by atoms with Gasteiger partial charge >= 0.3 is 0 Å². The highest BCUT2D eigenvalue weighted by molar-refractivity contribution is 14.0. The van der Waals surface area contributed by atoms with Gasteiger partial charge in [-0.1, -0.05) is 31.2 Å². The number of hydrogen-bond acceptors (Lipinski definition) is 3. The summed E-state index contributed by atoms with van der Waals surface area (Å²) in [5.74, 6) is 0.824. The van der Waals surface area contributed by atoms with E-state index in [-0.39, 0.29) is 30.0 Å². The summed E-state index contributed by atoms with van der Waals surface area (Å²) in [5, 5.41) is 7.95. The molecule has 0 aliphatic heterocycles. The van der Waals surface area contributed by atoms with Crippen molar-refractivity contribution in [3.05, 3.63) is 51.5 Å². The SMILES string of the molecule is CCc1ccc(C(C)NC(=NC)NCCc2ncc(C)s2)cc1.I. The second-order valence-electron chi connectivity index (χ2n) is 5.57. The molecule has 1 aromatic heterocycles. The zero-order chi connectivity index (χ0) is 16.7. The minimum Gasteiger partial charge on any atom is -0.356 e. The first kappa shape index (κ1) is 20.9. The Hall–Kier alpha value is -1.15. The number of thiazole rings is 1. The van der Waals surface area contributed by atoms with E-state index >= 15 is 0 Å². The van der Waals surface area contributed by atoms with E-state index in [0.717, 1.165) is 30.4 Å². The molecule has 2 N–H and O–H groups in total. The second-order valence-corrected chi connectivity index (χ2v) is 6.89. The standard InChI is InChI=1S/C18H26N4S.HI/c1-5-15-6-8-16(9-7-15)14(3)22-18(19-4)20-11-10-17-21-12-13(2)23-17;/h6-9,12,14H,5,10-11H2,1-4H3,(H2,19,20,22);1H. The summed E-state index contributed by atoms with van der Waals surface area (Å²) in [6, 6.07) is 8.96. The van der Waals surface area contributed by atoms with Gasteiger partial charge in [-0.25, -0.2) is 4.98 Å². The fourth-order valence-corrected chi connectivity index (χ4v) is 3.12. The Morgan fingerprint density at radius 3 is 2.54 bits per heavy atom. The lowest BCUT2D eigenvalue weighted by molar-refractivity contribution is 0.683. The molecule has 0 aliphatic rings. The van der Waals surface area contributed by atoms with Gasteiger partial charge in [0.1, 0.15) is 0 Å². The van der Waals surface area contributed by atoms with E-state index < -0.39 is 0 Å². The van der Waals surface area contributed by atoms with E-state index in [4.69, 9.17) is 0 Å². The van der Waals surface area contributed by atoms with Crippen molar-refractivity contribution in [3.63, 3.8) is 0 Å². The van der Waals surface area contributed by atoms with E-state index in [0.29, 0.717) is 0 Å². The Balaban J connectivity index is 0.00000288. The summed E-state index contributed by atoms with van der Waals surface area (Å²) in [6.07, 6.45) is 3.91. The molecule has 132 valence electrons. The Morgan fingerprint density at radius 2 is 2.00 bits per heavy atom. The highest BCUT2D eigenvalue weighted by Crippen LogP contribution is 2.14. The first-order chi connectivity index (χ1) is 11.1. The molecule has 0 fully saturated rings. The van der Waals surface area contributed by atoms with Crippen molar-refractivity contribution in [2.24, 2.45) is 4.99 Å². The van der Waals surface area contributed by atoms with Gasteiger partial charge in [0, 0.05) is 31.1 Å². The molecular weight excluding hydrogens is 431 g/mol. The Kier molecular flexibility index (Phi) is 9.28. The van der Waals surface area contributed by atoms with Crippen molar-refractivity contribution in [3.8, 4) is 0 Å². The number of halogens is 1. The average molecular weight is 458 g/mol. The smallest absolute Gasteiger partial charge is 0.191 e. The van der Waals surface area contributed by atoms with Crippen LogP contribution in [-0.4, -0.2) is 24.5 Å². The van der Waals surface area contributed by atoms with Crippen LogP contribution in [0, 0.1) is 6.92 Å². The van der Waals surface area contributed by atoms with Crippen LogP contribution < -0.4 is 10.6 Å². The molecule has 2 rings (SSSR count). The van der Waals surface area contributed by atoms with Gasteiger partial charge in [-0.3, -0.25) is 4.99 Å². The van der Waals surface area contributed by atoms with E-state index in [9.17, 15) is 0 Å². The first-order valence-electron chi connectivity index (χ1n) is 8.09. The molecule has 0 aliphatic carbocycles. The molecule has 24 heavy (non-hydrogen) atoms. The van der Waals surface area contributed by atoms with Crippen molar-refractivity contribution in [2.45, 2.75) is 39.7 Å². The molecule has 0 spiro atoms. The monoisotopic (exact) mass is 458 g/mol. The molecule has 0 radical (unpaired) electrons. The summed E-state index contributed by atoms with van der Waals surface area (Å²) in [7, 11) is 1.80. The lowest BCUT2D eigenvalue weighted by Crippen LogP contribution is -2.39. The van der Waals surface area contributed by atoms with Crippen LogP contribution in [0.15, 0.2) is 35.5 Å². The van der Waals surface area contributed by atoms with E-state index in [1.54, 1.807) is 18.4 Å². The summed E-state index contributed by atoms with van der Waals surface area (Å²) in [4.78, 5) is 9.94. The topological polar surface area (TPSA) is 49.3 Å². The van der Waals surface area contributed by atoms with Gasteiger partial charge in [0.2, 0.25) is 0 Å². The molecule has 0 saturated carbocycles. The van der Waals surface area contributed by atoms with Gasteiger partial charge in [0.15, 0.2) is 5.96 Å². The Labute approximate surface area is 166 Å². The maximum absolute atomic E-state index is 4.38. The molecule has 1 unspecified atom stereocenters. The van der Waals surface area contributed by atoms with Crippen LogP contribution in [0.5, 0.6) is 0 Å². The Morgan fingerprint density at radius 1 is 1.29 bits per heavy atom. The third-order valence-corrected chi connectivity index (χ3v) is 4.74. The van der Waals surface area contributed by atoms with Crippen LogP contribution in [0.2, 0.25) is 0 Å². The normalized spacial score (nSPS) is 12.4. The fraction of sp³-hybridized carbons (Fsp3) is 0.444. The molecule has 1 aromatic carbocycles. The number of hydrogen-bond donors (Lipinski definition) is 2. The lowest BCUT2D eigenvalue weighted by Gasteiger charge is -2.18. The molecular formula is C18H27IN4S. The van der Waals surface area contributed by atoms with Crippen LogP contribution in [-0.2, 0) is 12.8 Å². The van der Waals surface area contributed by atoms with Crippen LogP contribution in [0.25, 0.3) is 0 Å². The third-order valence-electron chi connectivity index (χ3n) is 3.77. The molecule has 2 aromatic rings. The molecule has 0 amide bonds. The molecule has 0 saturated heterocycles. The van der Waals surface area contributed by atoms with E-state index in [1.807, 2.05) is 6.20 Å². The van der Waals surface area contributed by atoms with Crippen molar-refractivity contribution in [1.82, 2.24) is 15.6 Å². The number of aliphatic imine (C=N–C) groups is 1. The summed E-state index contributed by atoms with van der Waals surface area (Å²) in [6.45, 7) is 7.24. The van der Waals surface area contributed by atoms with Crippen LogP contribution >= 0.6 is 35.3 Å². The number of nitrogens with one attached hydrogen (secondary N) is 2. The van der Waals surface area contributed by atoms with Crippen molar-refractivity contribution in [1.29, 1.82) is 0 Å². The first-order valence-corrected chi connectivity index (χ1v) is 8.91. The quantitative estimate of drug-likeness (QED) is 0.389. The van der Waals surface area contributed by atoms with Gasteiger partial charge in [0.25, 0.3) is 0 Å². The number of rotatable bonds is 6. The van der Waals surface area contributed by atoms with E-state index in [1.165, 1.54) is 16.0 Å². The predicted octanol–water partition coefficient (Wildman–Crippen LogP) is 4.10. The van der Waals surface area contributed by atoms with Crippen LogP contribution in [0.4, 0.5) is 0 Å². The minimum atomic E-state index is 0. The molecule has 1 atom stereocenters. The molecule has 4 nitrogen and oxygen atoms in total. The highest BCUT2D eigenvalue weighted by atomic mass is 127. The fourth-order valence-electron chi connectivity index (χ4n) is 2.33. The maximum atomic E-state index is 4.38. The van der Waals surface area contributed by atoms with Crippen molar-refractivity contribution in [2.75, 3.05) is 13.6 Å². The largest absolute Gasteiger partial charge is 0.356 e.